The number of nitrogens with zero attached hydrogens (tertiary/aromatic N) is 2. The number of nitrogens with two attached hydrogens (primary N) is 1. The molecule has 6 nitrogen and oxygen atoms in total. The minimum atomic E-state index is -0.546. The minimum Gasteiger partial charge on any atom is -0.459 e. The molecule has 122 valence electrons. The molecule has 0 fully saturated rings. The number of halogens is 1. The van der Waals surface area contributed by atoms with E-state index < -0.39 is 11.4 Å². The van der Waals surface area contributed by atoms with Gasteiger partial charge < -0.3 is 15.7 Å². The molecule has 0 bridgehead atoms. The predicted molar refractivity (Wildman–Crippen MR) is 81.1 cm³/mol. The van der Waals surface area contributed by atoms with E-state index in [2.05, 4.69) is 5.16 Å². The largest absolute Gasteiger partial charge is 0.459 e. The number of esters is 1. The van der Waals surface area contributed by atoms with Crippen molar-refractivity contribution in [2.75, 3.05) is 13.6 Å². The van der Waals surface area contributed by atoms with Crippen LogP contribution in [-0.2, 0) is 16.1 Å². The molecule has 0 aromatic heterocycles. The summed E-state index contributed by atoms with van der Waals surface area (Å²) in [5, 5.41) is 11.5. The van der Waals surface area contributed by atoms with Gasteiger partial charge in [0.05, 0.1) is 6.54 Å². The second-order valence-corrected chi connectivity index (χ2v) is 6.09. The summed E-state index contributed by atoms with van der Waals surface area (Å²) >= 11 is 0. The van der Waals surface area contributed by atoms with Gasteiger partial charge in [-0.1, -0.05) is 5.16 Å². The number of hydrogen-bond donors (Lipinski definition) is 2. The lowest BCUT2D eigenvalue weighted by molar-refractivity contribution is -0.155. The Morgan fingerprint density at radius 3 is 2.59 bits per heavy atom. The van der Waals surface area contributed by atoms with Crippen molar-refractivity contribution in [1.82, 2.24) is 4.90 Å². The molecular formula is C15H22FN3O3. The van der Waals surface area contributed by atoms with E-state index in [-0.39, 0.29) is 23.9 Å². The molecule has 22 heavy (non-hydrogen) atoms. The molecule has 0 spiro atoms. The number of oxime groups is 1. The van der Waals surface area contributed by atoms with E-state index >= 15 is 0 Å². The third-order valence-corrected chi connectivity index (χ3v) is 2.63. The van der Waals surface area contributed by atoms with Crippen molar-refractivity contribution >= 4 is 11.8 Å². The van der Waals surface area contributed by atoms with E-state index in [0.717, 1.165) is 0 Å². The van der Waals surface area contributed by atoms with E-state index in [1.807, 2.05) is 0 Å². The van der Waals surface area contributed by atoms with Crippen LogP contribution in [0.2, 0.25) is 0 Å². The summed E-state index contributed by atoms with van der Waals surface area (Å²) in [6, 6.07) is 4.11. The second kappa shape index (κ2) is 7.22. The highest BCUT2D eigenvalue weighted by atomic mass is 19.1. The van der Waals surface area contributed by atoms with E-state index in [4.69, 9.17) is 15.7 Å². The van der Waals surface area contributed by atoms with Crippen LogP contribution in [0.1, 0.15) is 31.9 Å². The molecule has 0 heterocycles. The van der Waals surface area contributed by atoms with Crippen LogP contribution in [0, 0.1) is 5.82 Å². The molecule has 1 aromatic carbocycles. The van der Waals surface area contributed by atoms with Gasteiger partial charge in [-0.25, -0.2) is 4.39 Å². The molecule has 3 N–H and O–H groups in total. The van der Waals surface area contributed by atoms with Crippen molar-refractivity contribution in [3.8, 4) is 0 Å². The Morgan fingerprint density at radius 2 is 2.05 bits per heavy atom. The first-order valence-corrected chi connectivity index (χ1v) is 6.78. The quantitative estimate of drug-likeness (QED) is 0.284. The molecule has 0 saturated heterocycles. The Bertz CT molecular complexity index is 568. The smallest absolute Gasteiger partial charge is 0.320 e. The molecule has 1 rings (SSSR count). The summed E-state index contributed by atoms with van der Waals surface area (Å²) in [4.78, 5) is 13.4. The van der Waals surface area contributed by atoms with Crippen LogP contribution in [0.15, 0.2) is 23.4 Å². The third-order valence-electron chi connectivity index (χ3n) is 2.63. The van der Waals surface area contributed by atoms with E-state index in [0.29, 0.717) is 12.1 Å². The van der Waals surface area contributed by atoms with E-state index in [1.54, 1.807) is 38.8 Å². The summed E-state index contributed by atoms with van der Waals surface area (Å²) in [7, 11) is 1.72. The maximum Gasteiger partial charge on any atom is 0.320 e. The summed E-state index contributed by atoms with van der Waals surface area (Å²) in [5.74, 6) is -1.02. The Morgan fingerprint density at radius 1 is 1.41 bits per heavy atom. The van der Waals surface area contributed by atoms with Crippen LogP contribution in [0.5, 0.6) is 0 Å². The van der Waals surface area contributed by atoms with Crippen molar-refractivity contribution in [2.45, 2.75) is 32.9 Å². The lowest BCUT2D eigenvalue weighted by Gasteiger charge is -2.22. The van der Waals surface area contributed by atoms with Crippen molar-refractivity contribution in [1.29, 1.82) is 0 Å². The van der Waals surface area contributed by atoms with Gasteiger partial charge in [0.15, 0.2) is 5.84 Å². The van der Waals surface area contributed by atoms with Crippen molar-refractivity contribution in [2.24, 2.45) is 10.9 Å². The Hall–Kier alpha value is -2.15. The van der Waals surface area contributed by atoms with Crippen molar-refractivity contribution in [3.63, 3.8) is 0 Å². The number of hydrogen-bond acceptors (Lipinski definition) is 5. The number of carbonyl (C=O) groups is 1. The molecule has 0 saturated carbocycles. The molecule has 7 heteroatoms. The average Bonchev–Trinajstić information content (AvgIpc) is 2.34. The highest BCUT2D eigenvalue weighted by Crippen LogP contribution is 2.12. The van der Waals surface area contributed by atoms with Crippen molar-refractivity contribution < 1.29 is 19.1 Å². The highest BCUT2D eigenvalue weighted by molar-refractivity contribution is 5.97. The van der Waals surface area contributed by atoms with Gasteiger partial charge in [-0.2, -0.15) is 0 Å². The monoisotopic (exact) mass is 311 g/mol. The molecule has 0 atom stereocenters. The maximum atomic E-state index is 13.6. The molecule has 0 aliphatic heterocycles. The van der Waals surface area contributed by atoms with Gasteiger partial charge in [0.25, 0.3) is 0 Å². The molecule has 1 aromatic rings. The molecule has 0 unspecified atom stereocenters. The number of carbonyl (C=O) groups excluding carboxylic acids is 1. The topological polar surface area (TPSA) is 88.2 Å². The zero-order valence-corrected chi connectivity index (χ0v) is 13.3. The minimum absolute atomic E-state index is 0.0761. The van der Waals surface area contributed by atoms with Crippen LogP contribution in [0.3, 0.4) is 0 Å². The van der Waals surface area contributed by atoms with Gasteiger partial charge >= 0.3 is 5.97 Å². The van der Waals surface area contributed by atoms with E-state index in [9.17, 15) is 9.18 Å². The molecule has 0 radical (unpaired) electrons. The van der Waals surface area contributed by atoms with Crippen molar-refractivity contribution in [3.05, 3.63) is 35.1 Å². The molecule has 0 aliphatic carbocycles. The average molecular weight is 311 g/mol. The normalized spacial score (nSPS) is 12.5. The number of likely N-dealkylation sites (N-methyl/N-ethyl adjacent to an activating group) is 1. The van der Waals surface area contributed by atoms with Gasteiger partial charge in [0, 0.05) is 12.1 Å². The fourth-order valence-electron chi connectivity index (χ4n) is 1.91. The highest BCUT2D eigenvalue weighted by Gasteiger charge is 2.17. The Kier molecular flexibility index (Phi) is 5.87. The van der Waals surface area contributed by atoms with E-state index in [1.165, 1.54) is 12.1 Å². The standard InChI is InChI=1S/C15H22FN3O3/c1-15(2,3)22-13(20)9-19(4)8-10-5-11(14(17)18-21)7-12(16)6-10/h5-7,21H,8-9H2,1-4H3,(H2,17,18). The molecule has 0 amide bonds. The first kappa shape index (κ1) is 17.9. The molecular weight excluding hydrogens is 289 g/mol. The van der Waals surface area contributed by atoms with Gasteiger partial charge in [-0.05, 0) is 51.6 Å². The number of benzene rings is 1. The number of ether oxygens (including phenoxy) is 1. The fraction of sp³-hybridized carbons (Fsp3) is 0.467. The lowest BCUT2D eigenvalue weighted by Crippen LogP contribution is -2.32. The van der Waals surface area contributed by atoms with Gasteiger partial charge in [0.1, 0.15) is 11.4 Å². The van der Waals surface area contributed by atoms with Crippen LogP contribution in [0.25, 0.3) is 0 Å². The summed E-state index contributed by atoms with van der Waals surface area (Å²) in [5.41, 5.74) is 5.80. The van der Waals surface area contributed by atoms with Gasteiger partial charge in [-0.15, -0.1) is 0 Å². The number of rotatable bonds is 5. The first-order valence-electron chi connectivity index (χ1n) is 6.78. The predicted octanol–water partition coefficient (Wildman–Crippen LogP) is 1.69. The summed E-state index contributed by atoms with van der Waals surface area (Å²) in [6.45, 7) is 5.78. The third kappa shape index (κ3) is 6.09. The van der Waals surface area contributed by atoms with Crippen LogP contribution in [-0.4, -0.2) is 41.1 Å². The van der Waals surface area contributed by atoms with Crippen LogP contribution < -0.4 is 5.73 Å². The van der Waals surface area contributed by atoms with Gasteiger partial charge in [0.2, 0.25) is 0 Å². The molecule has 0 aliphatic rings. The number of amidine groups is 1. The zero-order chi connectivity index (χ0) is 16.9. The maximum absolute atomic E-state index is 13.6. The van der Waals surface area contributed by atoms with Gasteiger partial charge in [-0.3, -0.25) is 9.69 Å². The van der Waals surface area contributed by atoms with Crippen LogP contribution in [0.4, 0.5) is 4.39 Å². The lowest BCUT2D eigenvalue weighted by atomic mass is 10.1. The fourth-order valence-corrected chi connectivity index (χ4v) is 1.91. The van der Waals surface area contributed by atoms with Crippen LogP contribution >= 0.6 is 0 Å². The summed E-state index contributed by atoms with van der Waals surface area (Å²) < 4.78 is 18.8. The SMILES string of the molecule is CN(CC(=O)OC(C)(C)C)Cc1cc(F)cc(/C(N)=N/O)c1. The first-order chi connectivity index (χ1) is 10.1. The summed E-state index contributed by atoms with van der Waals surface area (Å²) in [6.07, 6.45) is 0. The Labute approximate surface area is 129 Å². The second-order valence-electron chi connectivity index (χ2n) is 6.09. The Balaban J connectivity index is 2.74. The zero-order valence-electron chi connectivity index (χ0n) is 13.3.